The number of aliphatic hydroxyl groups excluding tert-OH is 1. The fraction of sp³-hybridized carbons (Fsp3) is 0.556. The number of allylic oxidation sites excluding steroid dienone is 1. The van der Waals surface area contributed by atoms with Crippen LogP contribution in [0, 0.1) is 17.8 Å². The lowest BCUT2D eigenvalue weighted by Crippen LogP contribution is -2.52. The Kier molecular flexibility index (Phi) is 6.83. The van der Waals surface area contributed by atoms with Crippen molar-refractivity contribution in [1.82, 2.24) is 24.3 Å². The molecule has 4 heterocycles. The molecule has 5 rings (SSSR count). The Balaban J connectivity index is 1.46. The van der Waals surface area contributed by atoms with Crippen molar-refractivity contribution in [1.29, 1.82) is 0 Å². The molecule has 3 aliphatic rings. The lowest BCUT2D eigenvalue weighted by Gasteiger charge is -2.33. The zero-order valence-corrected chi connectivity index (χ0v) is 21.0. The molecule has 1 saturated carbocycles. The van der Waals surface area contributed by atoms with Gasteiger partial charge in [-0.1, -0.05) is 25.0 Å². The first-order chi connectivity index (χ1) is 17.4. The Labute approximate surface area is 210 Å². The van der Waals surface area contributed by atoms with Crippen molar-refractivity contribution in [2.45, 2.75) is 57.7 Å². The normalized spacial score (nSPS) is 25.5. The standard InChI is InChI=1S/C27H35N5O4/c1-3-6-17-9-10-22-23-20(14-31(22)26(17)35)21(15-33)24(32(23)27(36)18-7-4-5-8-18)25(34)28-12-11-19-13-30(2)16-29-19/h3,6,9-10,13,16,18,20-21,23-24,33H,4-5,7-8,11-12,14-15H2,1-2H3,(H,28,34)/b6-3-/t20-,21-,23+,24-/m0/s1. The van der Waals surface area contributed by atoms with E-state index in [-0.39, 0.29) is 35.8 Å². The van der Waals surface area contributed by atoms with Crippen molar-refractivity contribution in [2.75, 3.05) is 13.2 Å². The summed E-state index contributed by atoms with van der Waals surface area (Å²) in [5.74, 6) is -1.03. The lowest BCUT2D eigenvalue weighted by atomic mass is 9.88. The molecule has 1 aliphatic carbocycles. The van der Waals surface area contributed by atoms with E-state index < -0.39 is 18.0 Å². The summed E-state index contributed by atoms with van der Waals surface area (Å²) in [6.07, 6.45) is 11.5. The van der Waals surface area contributed by atoms with Crippen molar-refractivity contribution in [3.63, 3.8) is 0 Å². The second-order valence-electron chi connectivity index (χ2n) is 10.3. The summed E-state index contributed by atoms with van der Waals surface area (Å²) in [6.45, 7) is 2.43. The van der Waals surface area contributed by atoms with Gasteiger partial charge in [0, 0.05) is 68.4 Å². The minimum Gasteiger partial charge on any atom is -0.396 e. The smallest absolute Gasteiger partial charge is 0.258 e. The monoisotopic (exact) mass is 493 g/mol. The number of pyridine rings is 1. The molecule has 2 fully saturated rings. The molecule has 0 spiro atoms. The predicted octanol–water partition coefficient (Wildman–Crippen LogP) is 1.65. The van der Waals surface area contributed by atoms with Crippen LogP contribution in [0.1, 0.15) is 55.6 Å². The average Bonchev–Trinajstić information content (AvgIpc) is 3.64. The van der Waals surface area contributed by atoms with E-state index in [2.05, 4.69) is 10.3 Å². The number of nitrogens with zero attached hydrogens (tertiary/aromatic N) is 4. The van der Waals surface area contributed by atoms with Crippen LogP contribution >= 0.6 is 0 Å². The summed E-state index contributed by atoms with van der Waals surface area (Å²) in [7, 11) is 1.90. The van der Waals surface area contributed by atoms with Crippen molar-refractivity contribution >= 4 is 17.9 Å². The number of rotatable bonds is 7. The van der Waals surface area contributed by atoms with Gasteiger partial charge in [-0.2, -0.15) is 0 Å². The molecular formula is C27H35N5O4. The number of aryl methyl sites for hydroxylation is 1. The Morgan fingerprint density at radius 2 is 2.03 bits per heavy atom. The van der Waals surface area contributed by atoms with E-state index in [0.29, 0.717) is 25.1 Å². The number of imidazole rings is 1. The molecule has 9 heteroatoms. The van der Waals surface area contributed by atoms with Crippen LogP contribution in [-0.2, 0) is 29.6 Å². The first kappa shape index (κ1) is 24.5. The van der Waals surface area contributed by atoms with Gasteiger partial charge < -0.3 is 24.5 Å². The highest BCUT2D eigenvalue weighted by Gasteiger charge is 2.58. The van der Waals surface area contributed by atoms with Gasteiger partial charge in [-0.05, 0) is 31.9 Å². The number of amides is 2. The molecule has 0 aromatic carbocycles. The largest absolute Gasteiger partial charge is 0.396 e. The van der Waals surface area contributed by atoms with Gasteiger partial charge >= 0.3 is 0 Å². The minimum absolute atomic E-state index is 0.0262. The summed E-state index contributed by atoms with van der Waals surface area (Å²) in [6, 6.07) is 2.55. The average molecular weight is 494 g/mol. The quantitative estimate of drug-likeness (QED) is 0.610. The topological polar surface area (TPSA) is 109 Å². The maximum absolute atomic E-state index is 13.9. The van der Waals surface area contributed by atoms with E-state index in [1.165, 1.54) is 0 Å². The number of likely N-dealkylation sites (tertiary alicyclic amines) is 1. The summed E-state index contributed by atoms with van der Waals surface area (Å²) in [4.78, 5) is 46.6. The maximum Gasteiger partial charge on any atom is 0.258 e. The SMILES string of the molecule is C/C=C\c1ccc2n(c1=O)C[C@H]1[C@H](CO)[C@@H](C(=O)NCCc3cn(C)cn3)N(C(=O)C3CCCC3)[C@@H]21. The number of hydrogen-bond donors (Lipinski definition) is 2. The highest BCUT2D eigenvalue weighted by molar-refractivity contribution is 5.90. The van der Waals surface area contributed by atoms with Crippen LogP contribution in [0.5, 0.6) is 0 Å². The number of fused-ring (bicyclic) bond motifs is 3. The first-order valence-corrected chi connectivity index (χ1v) is 13.0. The summed E-state index contributed by atoms with van der Waals surface area (Å²) >= 11 is 0. The molecule has 2 amide bonds. The number of nitrogens with one attached hydrogen (secondary N) is 1. The molecular weight excluding hydrogens is 458 g/mol. The highest BCUT2D eigenvalue weighted by atomic mass is 16.3. The third-order valence-electron chi connectivity index (χ3n) is 8.12. The van der Waals surface area contributed by atoms with Crippen molar-refractivity contribution < 1.29 is 14.7 Å². The fourth-order valence-electron chi connectivity index (χ4n) is 6.45. The van der Waals surface area contributed by atoms with Crippen molar-refractivity contribution in [3.05, 3.63) is 58.0 Å². The Morgan fingerprint density at radius 1 is 1.25 bits per heavy atom. The van der Waals surface area contributed by atoms with E-state index in [0.717, 1.165) is 37.1 Å². The molecule has 36 heavy (non-hydrogen) atoms. The zero-order chi connectivity index (χ0) is 25.4. The van der Waals surface area contributed by atoms with Crippen LogP contribution in [0.2, 0.25) is 0 Å². The lowest BCUT2D eigenvalue weighted by molar-refractivity contribution is -0.144. The molecule has 9 nitrogen and oxygen atoms in total. The van der Waals surface area contributed by atoms with E-state index in [1.807, 2.05) is 36.9 Å². The van der Waals surface area contributed by atoms with Gasteiger partial charge in [0.15, 0.2) is 0 Å². The van der Waals surface area contributed by atoms with Gasteiger partial charge in [0.25, 0.3) is 5.56 Å². The van der Waals surface area contributed by atoms with Crippen LogP contribution in [0.4, 0.5) is 0 Å². The molecule has 192 valence electrons. The van der Waals surface area contributed by atoms with Crippen LogP contribution in [0.3, 0.4) is 0 Å². The molecule has 1 saturated heterocycles. The predicted molar refractivity (Wildman–Crippen MR) is 135 cm³/mol. The van der Waals surface area contributed by atoms with Gasteiger partial charge in [-0.15, -0.1) is 0 Å². The first-order valence-electron chi connectivity index (χ1n) is 13.0. The van der Waals surface area contributed by atoms with Crippen LogP contribution in [0.15, 0.2) is 35.5 Å². The molecule has 4 atom stereocenters. The number of aliphatic hydroxyl groups is 1. The highest BCUT2D eigenvalue weighted by Crippen LogP contribution is 2.50. The number of carbonyl (C=O) groups is 2. The fourth-order valence-corrected chi connectivity index (χ4v) is 6.45. The van der Waals surface area contributed by atoms with Crippen LogP contribution in [0.25, 0.3) is 6.08 Å². The molecule has 0 unspecified atom stereocenters. The van der Waals surface area contributed by atoms with E-state index in [9.17, 15) is 19.5 Å². The second-order valence-corrected chi connectivity index (χ2v) is 10.3. The number of hydrogen-bond acceptors (Lipinski definition) is 5. The van der Waals surface area contributed by atoms with Gasteiger partial charge in [0.05, 0.1) is 18.1 Å². The van der Waals surface area contributed by atoms with Crippen molar-refractivity contribution in [3.8, 4) is 0 Å². The van der Waals surface area contributed by atoms with Gasteiger partial charge in [-0.3, -0.25) is 14.4 Å². The Morgan fingerprint density at radius 3 is 2.69 bits per heavy atom. The van der Waals surface area contributed by atoms with Crippen molar-refractivity contribution in [2.24, 2.45) is 24.8 Å². The molecule has 2 aromatic heterocycles. The molecule has 0 radical (unpaired) electrons. The third-order valence-corrected chi connectivity index (χ3v) is 8.12. The Bertz CT molecular complexity index is 1220. The number of carbonyl (C=O) groups excluding carboxylic acids is 2. The zero-order valence-electron chi connectivity index (χ0n) is 21.0. The Hall–Kier alpha value is -3.20. The van der Waals surface area contributed by atoms with Gasteiger partial charge in [0.2, 0.25) is 11.8 Å². The van der Waals surface area contributed by atoms with E-state index in [1.54, 1.807) is 27.9 Å². The summed E-state index contributed by atoms with van der Waals surface area (Å²) < 4.78 is 3.59. The second kappa shape index (κ2) is 10.0. The molecule has 2 aromatic rings. The summed E-state index contributed by atoms with van der Waals surface area (Å²) in [5, 5.41) is 13.5. The van der Waals surface area contributed by atoms with Crippen LogP contribution in [-0.4, -0.2) is 55.1 Å². The maximum atomic E-state index is 13.9. The summed E-state index contributed by atoms with van der Waals surface area (Å²) in [5.41, 5.74) is 2.14. The van der Waals surface area contributed by atoms with Gasteiger partial charge in [0.1, 0.15) is 6.04 Å². The van der Waals surface area contributed by atoms with Crippen LogP contribution < -0.4 is 10.9 Å². The molecule has 2 N–H and O–H groups in total. The molecule has 2 aliphatic heterocycles. The third kappa shape index (κ3) is 4.19. The molecule has 0 bridgehead atoms. The van der Waals surface area contributed by atoms with Gasteiger partial charge in [-0.25, -0.2) is 4.98 Å². The van der Waals surface area contributed by atoms with E-state index >= 15 is 0 Å². The van der Waals surface area contributed by atoms with E-state index in [4.69, 9.17) is 0 Å². The minimum atomic E-state index is -0.763. The number of aromatic nitrogens is 3.